The summed E-state index contributed by atoms with van der Waals surface area (Å²) in [5, 5.41) is 3.57. The fourth-order valence-corrected chi connectivity index (χ4v) is 1.84. The molecule has 1 saturated heterocycles. The summed E-state index contributed by atoms with van der Waals surface area (Å²) in [6.45, 7) is 10.8. The van der Waals surface area contributed by atoms with E-state index in [9.17, 15) is 0 Å². The van der Waals surface area contributed by atoms with E-state index in [1.54, 1.807) is 0 Å². The SMILES string of the molecule is C=CCCNC1CCN(CC)CC1. The zero-order valence-corrected chi connectivity index (χ0v) is 8.76. The van der Waals surface area contributed by atoms with Gasteiger partial charge < -0.3 is 10.2 Å². The van der Waals surface area contributed by atoms with Crippen LogP contribution in [0, 0.1) is 0 Å². The molecule has 0 aromatic rings. The van der Waals surface area contributed by atoms with Gasteiger partial charge in [0.1, 0.15) is 0 Å². The van der Waals surface area contributed by atoms with Gasteiger partial charge in [0.25, 0.3) is 0 Å². The molecule has 0 amide bonds. The highest BCUT2D eigenvalue weighted by Gasteiger charge is 2.16. The molecule has 0 atom stereocenters. The Morgan fingerprint density at radius 2 is 2.15 bits per heavy atom. The minimum atomic E-state index is 0.753. The quantitative estimate of drug-likeness (QED) is 0.513. The average Bonchev–Trinajstić information content (AvgIpc) is 2.19. The second-order valence-corrected chi connectivity index (χ2v) is 3.74. The Morgan fingerprint density at radius 1 is 1.46 bits per heavy atom. The van der Waals surface area contributed by atoms with Crippen LogP contribution in [-0.2, 0) is 0 Å². The molecule has 0 aromatic carbocycles. The monoisotopic (exact) mass is 182 g/mol. The van der Waals surface area contributed by atoms with Gasteiger partial charge in [-0.3, -0.25) is 0 Å². The maximum absolute atomic E-state index is 3.72. The Kier molecular flexibility index (Phi) is 5.09. The van der Waals surface area contributed by atoms with Crippen molar-refractivity contribution in [3.05, 3.63) is 12.7 Å². The molecule has 13 heavy (non-hydrogen) atoms. The first-order valence-corrected chi connectivity index (χ1v) is 5.43. The third kappa shape index (κ3) is 3.92. The van der Waals surface area contributed by atoms with E-state index in [2.05, 4.69) is 23.7 Å². The van der Waals surface area contributed by atoms with E-state index in [1.807, 2.05) is 6.08 Å². The van der Waals surface area contributed by atoms with Gasteiger partial charge in [0.05, 0.1) is 0 Å². The van der Waals surface area contributed by atoms with E-state index in [1.165, 1.54) is 32.5 Å². The Morgan fingerprint density at radius 3 is 2.69 bits per heavy atom. The van der Waals surface area contributed by atoms with E-state index in [0.717, 1.165) is 19.0 Å². The minimum Gasteiger partial charge on any atom is -0.314 e. The summed E-state index contributed by atoms with van der Waals surface area (Å²) in [6, 6.07) is 0.753. The molecule has 0 bridgehead atoms. The van der Waals surface area contributed by atoms with Crippen LogP contribution in [0.3, 0.4) is 0 Å². The lowest BCUT2D eigenvalue weighted by atomic mass is 10.1. The van der Waals surface area contributed by atoms with Crippen LogP contribution < -0.4 is 5.32 Å². The molecule has 0 radical (unpaired) electrons. The molecule has 0 aromatic heterocycles. The van der Waals surface area contributed by atoms with Crippen LogP contribution >= 0.6 is 0 Å². The predicted octanol–water partition coefficient (Wildman–Crippen LogP) is 1.64. The summed E-state index contributed by atoms with van der Waals surface area (Å²) < 4.78 is 0. The van der Waals surface area contributed by atoms with E-state index < -0.39 is 0 Å². The lowest BCUT2D eigenvalue weighted by Crippen LogP contribution is -2.42. The molecule has 1 rings (SSSR count). The van der Waals surface area contributed by atoms with Gasteiger partial charge in [-0.1, -0.05) is 13.0 Å². The highest BCUT2D eigenvalue weighted by Crippen LogP contribution is 2.09. The van der Waals surface area contributed by atoms with Gasteiger partial charge in [0.15, 0.2) is 0 Å². The first kappa shape index (κ1) is 10.7. The predicted molar refractivity (Wildman–Crippen MR) is 58.0 cm³/mol. The average molecular weight is 182 g/mol. The summed E-state index contributed by atoms with van der Waals surface area (Å²) in [5.74, 6) is 0. The lowest BCUT2D eigenvalue weighted by Gasteiger charge is -2.31. The molecule has 1 fully saturated rings. The Labute approximate surface area is 82.0 Å². The van der Waals surface area contributed by atoms with Gasteiger partial charge in [-0.25, -0.2) is 0 Å². The summed E-state index contributed by atoms with van der Waals surface area (Å²) in [4.78, 5) is 2.52. The zero-order valence-electron chi connectivity index (χ0n) is 8.76. The van der Waals surface area contributed by atoms with Gasteiger partial charge in [-0.05, 0) is 45.4 Å². The van der Waals surface area contributed by atoms with Crippen molar-refractivity contribution in [2.45, 2.75) is 32.2 Å². The summed E-state index contributed by atoms with van der Waals surface area (Å²) in [6.07, 6.45) is 5.69. The molecule has 2 nitrogen and oxygen atoms in total. The Bertz CT molecular complexity index is 137. The van der Waals surface area contributed by atoms with Crippen LogP contribution in [0.25, 0.3) is 0 Å². The molecule has 1 heterocycles. The molecule has 1 N–H and O–H groups in total. The molecule has 0 unspecified atom stereocenters. The van der Waals surface area contributed by atoms with Crippen molar-refractivity contribution in [2.75, 3.05) is 26.2 Å². The van der Waals surface area contributed by atoms with Gasteiger partial charge >= 0.3 is 0 Å². The second kappa shape index (κ2) is 6.17. The summed E-state index contributed by atoms with van der Waals surface area (Å²) in [7, 11) is 0. The Hall–Kier alpha value is -0.340. The van der Waals surface area contributed by atoms with Crippen molar-refractivity contribution >= 4 is 0 Å². The van der Waals surface area contributed by atoms with E-state index >= 15 is 0 Å². The highest BCUT2D eigenvalue weighted by molar-refractivity contribution is 4.78. The fourth-order valence-electron chi connectivity index (χ4n) is 1.84. The maximum atomic E-state index is 3.72. The number of piperidine rings is 1. The standard InChI is InChI=1S/C11H22N2/c1-3-5-8-12-11-6-9-13(4-2)10-7-11/h3,11-12H,1,4-10H2,2H3. The van der Waals surface area contributed by atoms with Crippen LogP contribution in [0.1, 0.15) is 26.2 Å². The molecule has 1 aliphatic heterocycles. The molecular weight excluding hydrogens is 160 g/mol. The smallest absolute Gasteiger partial charge is 0.00915 e. The summed E-state index contributed by atoms with van der Waals surface area (Å²) >= 11 is 0. The van der Waals surface area contributed by atoms with Crippen molar-refractivity contribution in [2.24, 2.45) is 0 Å². The van der Waals surface area contributed by atoms with Gasteiger partial charge in [-0.2, -0.15) is 0 Å². The number of hydrogen-bond acceptors (Lipinski definition) is 2. The van der Waals surface area contributed by atoms with Crippen molar-refractivity contribution < 1.29 is 0 Å². The number of likely N-dealkylation sites (tertiary alicyclic amines) is 1. The molecule has 0 aliphatic carbocycles. The fraction of sp³-hybridized carbons (Fsp3) is 0.818. The van der Waals surface area contributed by atoms with Crippen LogP contribution in [0.15, 0.2) is 12.7 Å². The third-order valence-electron chi connectivity index (χ3n) is 2.82. The van der Waals surface area contributed by atoms with Crippen LogP contribution in [-0.4, -0.2) is 37.1 Å². The van der Waals surface area contributed by atoms with E-state index in [-0.39, 0.29) is 0 Å². The van der Waals surface area contributed by atoms with Gasteiger partial charge in [0.2, 0.25) is 0 Å². The normalized spacial score (nSPS) is 20.4. The number of nitrogens with zero attached hydrogens (tertiary/aromatic N) is 1. The van der Waals surface area contributed by atoms with Gasteiger partial charge in [-0.15, -0.1) is 6.58 Å². The van der Waals surface area contributed by atoms with Crippen molar-refractivity contribution in [3.63, 3.8) is 0 Å². The molecule has 76 valence electrons. The molecule has 0 saturated carbocycles. The lowest BCUT2D eigenvalue weighted by molar-refractivity contribution is 0.207. The third-order valence-corrected chi connectivity index (χ3v) is 2.82. The first-order valence-electron chi connectivity index (χ1n) is 5.43. The number of rotatable bonds is 5. The van der Waals surface area contributed by atoms with Crippen molar-refractivity contribution in [1.82, 2.24) is 10.2 Å². The number of hydrogen-bond donors (Lipinski definition) is 1. The minimum absolute atomic E-state index is 0.753. The highest BCUT2D eigenvalue weighted by atomic mass is 15.1. The topological polar surface area (TPSA) is 15.3 Å². The zero-order chi connectivity index (χ0) is 9.52. The van der Waals surface area contributed by atoms with Crippen molar-refractivity contribution in [1.29, 1.82) is 0 Å². The van der Waals surface area contributed by atoms with E-state index in [4.69, 9.17) is 0 Å². The number of nitrogens with one attached hydrogen (secondary N) is 1. The molecule has 1 aliphatic rings. The van der Waals surface area contributed by atoms with Gasteiger partial charge in [0, 0.05) is 6.04 Å². The molecule has 2 heteroatoms. The van der Waals surface area contributed by atoms with E-state index in [0.29, 0.717) is 0 Å². The molecule has 0 spiro atoms. The van der Waals surface area contributed by atoms with Crippen LogP contribution in [0.5, 0.6) is 0 Å². The second-order valence-electron chi connectivity index (χ2n) is 3.74. The maximum Gasteiger partial charge on any atom is 0.00915 e. The first-order chi connectivity index (χ1) is 6.36. The Balaban J connectivity index is 2.06. The van der Waals surface area contributed by atoms with Crippen LogP contribution in [0.2, 0.25) is 0 Å². The molecular formula is C11H22N2. The largest absolute Gasteiger partial charge is 0.314 e. The van der Waals surface area contributed by atoms with Crippen LogP contribution in [0.4, 0.5) is 0 Å². The summed E-state index contributed by atoms with van der Waals surface area (Å²) in [5.41, 5.74) is 0. The van der Waals surface area contributed by atoms with Crippen molar-refractivity contribution in [3.8, 4) is 0 Å².